The summed E-state index contributed by atoms with van der Waals surface area (Å²) in [4.78, 5) is 27.9. The molecule has 7 heteroatoms. The van der Waals surface area contributed by atoms with Crippen LogP contribution in [0.15, 0.2) is 31.2 Å². The Morgan fingerprint density at radius 3 is 2.74 bits per heavy atom. The quantitative estimate of drug-likeness (QED) is 0.873. The molecule has 1 fully saturated rings. The number of hydrogen-bond acceptors (Lipinski definition) is 6. The molecule has 0 unspecified atom stereocenters. The van der Waals surface area contributed by atoms with Crippen molar-refractivity contribution in [2.24, 2.45) is 0 Å². The van der Waals surface area contributed by atoms with Gasteiger partial charge in [0.25, 0.3) is 0 Å². The molecule has 1 saturated heterocycles. The van der Waals surface area contributed by atoms with Crippen LogP contribution in [0.3, 0.4) is 0 Å². The molecule has 0 radical (unpaired) electrons. The fourth-order valence-corrected chi connectivity index (χ4v) is 3.42. The topological polar surface area (TPSA) is 71.0 Å². The number of thiazole rings is 1. The zero-order chi connectivity index (χ0) is 16.2. The monoisotopic (exact) mass is 329 g/mol. The third-order valence-corrected chi connectivity index (χ3v) is 4.77. The summed E-state index contributed by atoms with van der Waals surface area (Å²) >= 11 is 1.59. The molecule has 120 valence electrons. The molecule has 0 aliphatic carbocycles. The van der Waals surface area contributed by atoms with Crippen molar-refractivity contribution in [2.45, 2.75) is 25.7 Å². The van der Waals surface area contributed by atoms with Crippen LogP contribution in [0.2, 0.25) is 0 Å². The molecule has 2 aromatic rings. The summed E-state index contributed by atoms with van der Waals surface area (Å²) in [6, 6.07) is 0. The molecule has 0 spiro atoms. The van der Waals surface area contributed by atoms with E-state index in [4.69, 9.17) is 0 Å². The van der Waals surface area contributed by atoms with Crippen LogP contribution in [0.25, 0.3) is 0 Å². The molecule has 0 bridgehead atoms. The van der Waals surface area contributed by atoms with E-state index in [9.17, 15) is 4.79 Å². The van der Waals surface area contributed by atoms with Crippen molar-refractivity contribution in [3.05, 3.63) is 41.8 Å². The molecule has 2 aromatic heterocycles. The third-order valence-electron chi connectivity index (χ3n) is 3.94. The molecule has 1 aliphatic rings. The summed E-state index contributed by atoms with van der Waals surface area (Å²) in [5.41, 5.74) is 0.950. The summed E-state index contributed by atoms with van der Waals surface area (Å²) < 4.78 is 0. The van der Waals surface area contributed by atoms with E-state index >= 15 is 0 Å². The van der Waals surface area contributed by atoms with Crippen LogP contribution in [-0.4, -0.2) is 38.8 Å². The van der Waals surface area contributed by atoms with Gasteiger partial charge in [-0.25, -0.2) is 9.97 Å². The van der Waals surface area contributed by atoms with Gasteiger partial charge in [0.05, 0.1) is 5.69 Å². The SMILES string of the molecule is C=CC(=O)N1CCC(c2nccnc2Nc2ncc(C)s2)CC1. The first-order chi connectivity index (χ1) is 11.2. The number of carbonyl (C=O) groups excluding carboxylic acids is 1. The number of carbonyl (C=O) groups is 1. The minimum atomic E-state index is -0.000736. The number of piperidine rings is 1. The van der Waals surface area contributed by atoms with Gasteiger partial charge in [-0.15, -0.1) is 11.3 Å². The lowest BCUT2D eigenvalue weighted by Gasteiger charge is -2.31. The van der Waals surface area contributed by atoms with Gasteiger partial charge in [0.1, 0.15) is 0 Å². The molecule has 0 atom stereocenters. The fraction of sp³-hybridized carbons (Fsp3) is 0.375. The molecule has 1 amide bonds. The summed E-state index contributed by atoms with van der Waals surface area (Å²) in [6.45, 7) is 7.02. The van der Waals surface area contributed by atoms with Crippen molar-refractivity contribution in [3.63, 3.8) is 0 Å². The van der Waals surface area contributed by atoms with E-state index in [0.717, 1.165) is 47.5 Å². The van der Waals surface area contributed by atoms with Gasteiger partial charge in [0, 0.05) is 42.5 Å². The van der Waals surface area contributed by atoms with Crippen molar-refractivity contribution in [1.82, 2.24) is 19.9 Å². The highest BCUT2D eigenvalue weighted by atomic mass is 32.1. The maximum atomic E-state index is 11.7. The minimum Gasteiger partial charge on any atom is -0.339 e. The lowest BCUT2D eigenvalue weighted by Crippen LogP contribution is -2.37. The molecular weight excluding hydrogens is 310 g/mol. The molecule has 0 aromatic carbocycles. The Hall–Kier alpha value is -2.28. The molecule has 1 N–H and O–H groups in total. The van der Waals surface area contributed by atoms with Gasteiger partial charge < -0.3 is 10.2 Å². The molecule has 0 saturated carbocycles. The van der Waals surface area contributed by atoms with E-state index in [1.165, 1.54) is 6.08 Å². The summed E-state index contributed by atoms with van der Waals surface area (Å²) in [5, 5.41) is 4.10. The maximum Gasteiger partial charge on any atom is 0.245 e. The van der Waals surface area contributed by atoms with Crippen LogP contribution in [0, 0.1) is 6.92 Å². The van der Waals surface area contributed by atoms with E-state index in [1.54, 1.807) is 23.7 Å². The number of rotatable bonds is 4. The van der Waals surface area contributed by atoms with Gasteiger partial charge in [-0.1, -0.05) is 6.58 Å². The standard InChI is InChI=1S/C16H19N5OS/c1-3-13(22)21-8-4-12(5-9-21)14-15(18-7-6-17-14)20-16-19-10-11(2)23-16/h3,6-7,10,12H,1,4-5,8-9H2,2H3,(H,18,19,20). The zero-order valence-electron chi connectivity index (χ0n) is 13.0. The smallest absolute Gasteiger partial charge is 0.245 e. The number of likely N-dealkylation sites (tertiary alicyclic amines) is 1. The van der Waals surface area contributed by atoms with Crippen LogP contribution in [0.4, 0.5) is 10.9 Å². The maximum absolute atomic E-state index is 11.7. The number of aromatic nitrogens is 3. The summed E-state index contributed by atoms with van der Waals surface area (Å²) in [7, 11) is 0. The second-order valence-electron chi connectivity index (χ2n) is 5.49. The molecule has 3 heterocycles. The first-order valence-corrected chi connectivity index (χ1v) is 8.40. The molecule has 6 nitrogen and oxygen atoms in total. The lowest BCUT2D eigenvalue weighted by molar-refractivity contribution is -0.127. The Kier molecular flexibility index (Phi) is 4.66. The first-order valence-electron chi connectivity index (χ1n) is 7.59. The number of nitrogens with one attached hydrogen (secondary N) is 1. The van der Waals surface area contributed by atoms with E-state index in [-0.39, 0.29) is 5.91 Å². The van der Waals surface area contributed by atoms with E-state index < -0.39 is 0 Å². The van der Waals surface area contributed by atoms with Gasteiger partial charge in [-0.05, 0) is 25.8 Å². The van der Waals surface area contributed by atoms with Crippen molar-refractivity contribution in [3.8, 4) is 0 Å². The predicted octanol–water partition coefficient (Wildman–Crippen LogP) is 2.88. The van der Waals surface area contributed by atoms with E-state index in [1.807, 2.05) is 18.0 Å². The largest absolute Gasteiger partial charge is 0.339 e. The van der Waals surface area contributed by atoms with Gasteiger partial charge >= 0.3 is 0 Å². The fourth-order valence-electron chi connectivity index (χ4n) is 2.76. The van der Waals surface area contributed by atoms with Gasteiger partial charge in [0.2, 0.25) is 5.91 Å². The van der Waals surface area contributed by atoms with Crippen LogP contribution in [0.1, 0.15) is 29.3 Å². The van der Waals surface area contributed by atoms with E-state index in [2.05, 4.69) is 26.8 Å². The van der Waals surface area contributed by atoms with Crippen LogP contribution in [0.5, 0.6) is 0 Å². The van der Waals surface area contributed by atoms with Crippen LogP contribution >= 0.6 is 11.3 Å². The number of amides is 1. The summed E-state index contributed by atoms with van der Waals surface area (Å²) in [5.74, 6) is 1.05. The minimum absolute atomic E-state index is 0.000736. The third kappa shape index (κ3) is 3.56. The average Bonchev–Trinajstić information content (AvgIpc) is 3.00. The van der Waals surface area contributed by atoms with Crippen LogP contribution in [-0.2, 0) is 4.79 Å². The first kappa shape index (κ1) is 15.6. The Morgan fingerprint density at radius 1 is 1.35 bits per heavy atom. The van der Waals surface area contributed by atoms with Crippen molar-refractivity contribution >= 4 is 28.2 Å². The van der Waals surface area contributed by atoms with Gasteiger partial charge in [-0.3, -0.25) is 9.78 Å². The van der Waals surface area contributed by atoms with E-state index in [0.29, 0.717) is 5.92 Å². The predicted molar refractivity (Wildman–Crippen MR) is 90.9 cm³/mol. The molecular formula is C16H19N5OS. The van der Waals surface area contributed by atoms with Gasteiger partial charge in [-0.2, -0.15) is 0 Å². The molecule has 1 aliphatic heterocycles. The van der Waals surface area contributed by atoms with Gasteiger partial charge in [0.15, 0.2) is 10.9 Å². The number of hydrogen-bond donors (Lipinski definition) is 1. The highest BCUT2D eigenvalue weighted by molar-refractivity contribution is 7.15. The average molecular weight is 329 g/mol. The molecule has 3 rings (SSSR count). The Balaban J connectivity index is 1.73. The van der Waals surface area contributed by atoms with Crippen LogP contribution < -0.4 is 5.32 Å². The Labute approximate surface area is 139 Å². The normalized spacial score (nSPS) is 15.4. The Morgan fingerprint density at radius 2 is 2.09 bits per heavy atom. The lowest BCUT2D eigenvalue weighted by atomic mass is 9.93. The number of aryl methyl sites for hydroxylation is 1. The molecule has 23 heavy (non-hydrogen) atoms. The Bertz CT molecular complexity index is 706. The van der Waals surface area contributed by atoms with Crippen molar-refractivity contribution < 1.29 is 4.79 Å². The second-order valence-corrected chi connectivity index (χ2v) is 6.73. The number of anilines is 2. The van der Waals surface area contributed by atoms with Crippen molar-refractivity contribution in [2.75, 3.05) is 18.4 Å². The number of nitrogens with zero attached hydrogens (tertiary/aromatic N) is 4. The highest BCUT2D eigenvalue weighted by Crippen LogP contribution is 2.32. The summed E-state index contributed by atoms with van der Waals surface area (Å²) in [6.07, 6.45) is 8.37. The zero-order valence-corrected chi connectivity index (χ0v) is 13.8. The van der Waals surface area contributed by atoms with Crippen molar-refractivity contribution in [1.29, 1.82) is 0 Å². The highest BCUT2D eigenvalue weighted by Gasteiger charge is 2.26. The second kappa shape index (κ2) is 6.87.